The third-order valence-corrected chi connectivity index (χ3v) is 4.12. The van der Waals surface area contributed by atoms with Crippen LogP contribution >= 0.6 is 0 Å². The van der Waals surface area contributed by atoms with Crippen LogP contribution in [0.25, 0.3) is 0 Å². The third kappa shape index (κ3) is 5.77. The molecule has 5 nitrogen and oxygen atoms in total. The molecule has 2 unspecified atom stereocenters. The van der Waals surface area contributed by atoms with Crippen molar-refractivity contribution < 1.29 is 14.3 Å². The van der Waals surface area contributed by atoms with Crippen LogP contribution in [0.2, 0.25) is 0 Å². The first-order valence-corrected chi connectivity index (χ1v) is 7.93. The van der Waals surface area contributed by atoms with Gasteiger partial charge in [-0.2, -0.15) is 0 Å². The Bertz CT molecular complexity index is 287. The zero-order valence-electron chi connectivity index (χ0n) is 12.5. The maximum absolute atomic E-state index is 11.9. The molecule has 1 amide bonds. The lowest BCUT2D eigenvalue weighted by atomic mass is 9.93. The maximum Gasteiger partial charge on any atom is 0.220 e. The number of hydrogen-bond acceptors (Lipinski definition) is 4. The number of ether oxygens (including phenoxy) is 2. The number of rotatable bonds is 7. The Kier molecular flexibility index (Phi) is 6.76. The molecule has 2 heterocycles. The van der Waals surface area contributed by atoms with Gasteiger partial charge in [-0.25, -0.2) is 0 Å². The van der Waals surface area contributed by atoms with Crippen LogP contribution in [0.1, 0.15) is 39.0 Å². The third-order valence-electron chi connectivity index (χ3n) is 4.12. The molecule has 0 saturated carbocycles. The molecule has 2 rings (SSSR count). The average molecular weight is 284 g/mol. The number of amides is 1. The van der Waals surface area contributed by atoms with E-state index in [0.717, 1.165) is 32.5 Å². The second-order valence-corrected chi connectivity index (χ2v) is 6.02. The molecule has 2 N–H and O–H groups in total. The molecule has 0 aliphatic carbocycles. The fourth-order valence-corrected chi connectivity index (χ4v) is 2.82. The summed E-state index contributed by atoms with van der Waals surface area (Å²) in [5, 5.41) is 6.37. The van der Waals surface area contributed by atoms with Crippen molar-refractivity contribution in [2.24, 2.45) is 5.92 Å². The van der Waals surface area contributed by atoms with Crippen LogP contribution < -0.4 is 10.6 Å². The molecular weight excluding hydrogens is 256 g/mol. The van der Waals surface area contributed by atoms with Gasteiger partial charge in [0.1, 0.15) is 0 Å². The van der Waals surface area contributed by atoms with Crippen molar-refractivity contribution in [1.82, 2.24) is 10.6 Å². The van der Waals surface area contributed by atoms with Gasteiger partial charge in [0, 0.05) is 19.1 Å². The van der Waals surface area contributed by atoms with Crippen molar-refractivity contribution in [3.63, 3.8) is 0 Å². The van der Waals surface area contributed by atoms with E-state index < -0.39 is 0 Å². The van der Waals surface area contributed by atoms with Gasteiger partial charge in [-0.1, -0.05) is 0 Å². The molecule has 2 aliphatic rings. The summed E-state index contributed by atoms with van der Waals surface area (Å²) in [6.45, 7) is 6.25. The van der Waals surface area contributed by atoms with E-state index in [-0.39, 0.29) is 18.1 Å². The first-order valence-electron chi connectivity index (χ1n) is 7.93. The summed E-state index contributed by atoms with van der Waals surface area (Å²) >= 11 is 0. The molecule has 0 aromatic carbocycles. The van der Waals surface area contributed by atoms with E-state index in [1.807, 2.05) is 6.92 Å². The van der Waals surface area contributed by atoms with E-state index >= 15 is 0 Å². The van der Waals surface area contributed by atoms with E-state index in [1.54, 1.807) is 0 Å². The predicted octanol–water partition coefficient (Wildman–Crippen LogP) is 1.08. The molecule has 5 heteroatoms. The lowest BCUT2D eigenvalue weighted by molar-refractivity contribution is -0.122. The van der Waals surface area contributed by atoms with Gasteiger partial charge in [-0.05, 0) is 51.6 Å². The predicted molar refractivity (Wildman–Crippen MR) is 77.6 cm³/mol. The van der Waals surface area contributed by atoms with Gasteiger partial charge >= 0.3 is 0 Å². The zero-order valence-corrected chi connectivity index (χ0v) is 12.5. The second kappa shape index (κ2) is 8.60. The van der Waals surface area contributed by atoms with E-state index in [9.17, 15) is 4.79 Å². The highest BCUT2D eigenvalue weighted by molar-refractivity contribution is 5.76. The minimum Gasteiger partial charge on any atom is -0.379 e. The Hall–Kier alpha value is -0.650. The molecule has 20 heavy (non-hydrogen) atoms. The Labute approximate surface area is 121 Å². The van der Waals surface area contributed by atoms with Crippen molar-refractivity contribution >= 4 is 5.91 Å². The smallest absolute Gasteiger partial charge is 0.220 e. The Morgan fingerprint density at radius 3 is 2.90 bits per heavy atom. The van der Waals surface area contributed by atoms with E-state index in [4.69, 9.17) is 9.47 Å². The normalized spacial score (nSPS) is 25.6. The fourth-order valence-electron chi connectivity index (χ4n) is 2.82. The minimum atomic E-state index is 0.0797. The summed E-state index contributed by atoms with van der Waals surface area (Å²) in [5.74, 6) is 0.867. The molecule has 2 fully saturated rings. The molecular formula is C15H28N2O3. The van der Waals surface area contributed by atoms with Gasteiger partial charge in [0.05, 0.1) is 19.3 Å². The first kappa shape index (κ1) is 15.7. The van der Waals surface area contributed by atoms with Crippen LogP contribution in [0.4, 0.5) is 0 Å². The molecule has 2 atom stereocenters. The Morgan fingerprint density at radius 1 is 1.40 bits per heavy atom. The topological polar surface area (TPSA) is 59.6 Å². The van der Waals surface area contributed by atoms with Gasteiger partial charge in [-0.3, -0.25) is 4.79 Å². The number of hydrogen-bond donors (Lipinski definition) is 2. The summed E-state index contributed by atoms with van der Waals surface area (Å²) < 4.78 is 11.0. The summed E-state index contributed by atoms with van der Waals surface area (Å²) in [6.07, 6.45) is 5.24. The van der Waals surface area contributed by atoms with Crippen LogP contribution in [-0.4, -0.2) is 51.0 Å². The maximum atomic E-state index is 11.9. The van der Waals surface area contributed by atoms with Gasteiger partial charge < -0.3 is 20.1 Å². The molecule has 0 radical (unpaired) electrons. The Morgan fingerprint density at radius 2 is 2.20 bits per heavy atom. The molecule has 2 saturated heterocycles. The second-order valence-electron chi connectivity index (χ2n) is 6.02. The van der Waals surface area contributed by atoms with E-state index in [2.05, 4.69) is 10.6 Å². The van der Waals surface area contributed by atoms with E-state index in [0.29, 0.717) is 25.6 Å². The minimum absolute atomic E-state index is 0.0797. The first-order chi connectivity index (χ1) is 9.74. The van der Waals surface area contributed by atoms with Crippen molar-refractivity contribution in [3.05, 3.63) is 0 Å². The number of carbonyl (C=O) groups is 1. The van der Waals surface area contributed by atoms with Gasteiger partial charge in [0.15, 0.2) is 0 Å². The summed E-state index contributed by atoms with van der Waals surface area (Å²) in [7, 11) is 0. The summed E-state index contributed by atoms with van der Waals surface area (Å²) in [6, 6.07) is 0.0797. The molecule has 0 aromatic rings. The van der Waals surface area contributed by atoms with Crippen molar-refractivity contribution in [2.45, 2.75) is 51.2 Å². The highest BCUT2D eigenvalue weighted by Crippen LogP contribution is 2.17. The van der Waals surface area contributed by atoms with Crippen LogP contribution in [0.5, 0.6) is 0 Å². The fraction of sp³-hybridized carbons (Fsp3) is 0.933. The SMILES string of the molecule is CC(COC1CCOC1)NC(=O)CCC1CCNCC1. The van der Waals surface area contributed by atoms with Gasteiger partial charge in [-0.15, -0.1) is 0 Å². The number of nitrogens with one attached hydrogen (secondary N) is 2. The van der Waals surface area contributed by atoms with Crippen LogP contribution in [0, 0.1) is 5.92 Å². The summed E-state index contributed by atoms with van der Waals surface area (Å²) in [4.78, 5) is 11.9. The summed E-state index contributed by atoms with van der Waals surface area (Å²) in [5.41, 5.74) is 0. The molecule has 0 bridgehead atoms. The average Bonchev–Trinajstić information content (AvgIpc) is 2.97. The monoisotopic (exact) mass is 284 g/mol. The van der Waals surface area contributed by atoms with Gasteiger partial charge in [0.2, 0.25) is 5.91 Å². The molecule has 0 aromatic heterocycles. The van der Waals surface area contributed by atoms with Crippen molar-refractivity contribution in [3.8, 4) is 0 Å². The number of piperidine rings is 1. The van der Waals surface area contributed by atoms with Crippen LogP contribution in [0.3, 0.4) is 0 Å². The number of carbonyl (C=O) groups excluding carboxylic acids is 1. The van der Waals surface area contributed by atoms with Crippen LogP contribution in [-0.2, 0) is 14.3 Å². The largest absolute Gasteiger partial charge is 0.379 e. The Balaban J connectivity index is 1.53. The molecule has 0 spiro atoms. The van der Waals surface area contributed by atoms with Gasteiger partial charge in [0.25, 0.3) is 0 Å². The highest BCUT2D eigenvalue weighted by Gasteiger charge is 2.18. The van der Waals surface area contributed by atoms with E-state index in [1.165, 1.54) is 12.8 Å². The lowest BCUT2D eigenvalue weighted by Crippen LogP contribution is -2.37. The molecule has 116 valence electrons. The molecule has 2 aliphatic heterocycles. The highest BCUT2D eigenvalue weighted by atomic mass is 16.5. The van der Waals surface area contributed by atoms with Crippen molar-refractivity contribution in [1.29, 1.82) is 0 Å². The van der Waals surface area contributed by atoms with Crippen molar-refractivity contribution in [2.75, 3.05) is 32.9 Å². The lowest BCUT2D eigenvalue weighted by Gasteiger charge is -2.22. The standard InChI is InChI=1S/C15H28N2O3/c1-12(10-20-14-6-9-19-11-14)17-15(18)3-2-13-4-7-16-8-5-13/h12-14,16H,2-11H2,1H3,(H,17,18). The zero-order chi connectivity index (χ0) is 14.2. The quantitative estimate of drug-likeness (QED) is 0.734. The van der Waals surface area contributed by atoms with Crippen LogP contribution in [0.15, 0.2) is 0 Å².